The molecule has 2 heterocycles. The van der Waals surface area contributed by atoms with Crippen LogP contribution in [0.5, 0.6) is 0 Å². The third-order valence-corrected chi connectivity index (χ3v) is 4.94. The van der Waals surface area contributed by atoms with E-state index in [2.05, 4.69) is 51.3 Å². The molecular formula is C20H27N5O. The van der Waals surface area contributed by atoms with Crippen molar-refractivity contribution in [3.8, 4) is 0 Å². The van der Waals surface area contributed by atoms with Crippen LogP contribution in [0.2, 0.25) is 0 Å². The van der Waals surface area contributed by atoms with Gasteiger partial charge >= 0.3 is 0 Å². The summed E-state index contributed by atoms with van der Waals surface area (Å²) in [5, 5.41) is 11.4. The number of piperazine rings is 1. The number of rotatable bonds is 4. The molecule has 1 N–H and O–H groups in total. The summed E-state index contributed by atoms with van der Waals surface area (Å²) in [4.78, 5) is 17.2. The van der Waals surface area contributed by atoms with Crippen molar-refractivity contribution in [2.24, 2.45) is 0 Å². The molecular weight excluding hydrogens is 326 g/mol. The second-order valence-corrected chi connectivity index (χ2v) is 6.93. The van der Waals surface area contributed by atoms with E-state index in [0.29, 0.717) is 5.69 Å². The van der Waals surface area contributed by atoms with Gasteiger partial charge in [0, 0.05) is 31.9 Å². The molecule has 1 fully saturated rings. The van der Waals surface area contributed by atoms with Crippen molar-refractivity contribution < 1.29 is 4.79 Å². The number of anilines is 2. The minimum absolute atomic E-state index is 0.227. The first kappa shape index (κ1) is 18.3. The van der Waals surface area contributed by atoms with E-state index in [0.717, 1.165) is 55.4 Å². The van der Waals surface area contributed by atoms with Gasteiger partial charge in [0.05, 0.1) is 0 Å². The topological polar surface area (TPSA) is 61.4 Å². The average Bonchev–Trinajstić information content (AvgIpc) is 2.64. The lowest BCUT2D eigenvalue weighted by Gasteiger charge is -2.34. The molecule has 0 aliphatic carbocycles. The lowest BCUT2D eigenvalue weighted by molar-refractivity contribution is 0.102. The summed E-state index contributed by atoms with van der Waals surface area (Å²) in [5.74, 6) is 0.606. The third-order valence-electron chi connectivity index (χ3n) is 4.94. The first-order valence-corrected chi connectivity index (χ1v) is 9.18. The van der Waals surface area contributed by atoms with Crippen LogP contribution >= 0.6 is 0 Å². The molecule has 0 saturated carbocycles. The summed E-state index contributed by atoms with van der Waals surface area (Å²) in [6, 6.07) is 7.77. The molecule has 0 unspecified atom stereocenters. The zero-order chi connectivity index (χ0) is 18.7. The molecule has 1 amide bonds. The molecule has 0 radical (unpaired) electrons. The van der Waals surface area contributed by atoms with Crippen molar-refractivity contribution in [2.45, 2.75) is 27.7 Å². The number of hydrogen-bond donors (Lipinski definition) is 1. The fourth-order valence-electron chi connectivity index (χ4n) is 3.46. The van der Waals surface area contributed by atoms with Crippen molar-refractivity contribution in [1.29, 1.82) is 0 Å². The largest absolute Gasteiger partial charge is 0.353 e. The first-order chi connectivity index (χ1) is 12.5. The fourth-order valence-corrected chi connectivity index (χ4v) is 3.46. The van der Waals surface area contributed by atoms with E-state index in [-0.39, 0.29) is 5.91 Å². The summed E-state index contributed by atoms with van der Waals surface area (Å²) >= 11 is 0. The van der Waals surface area contributed by atoms with Crippen molar-refractivity contribution in [3.63, 3.8) is 0 Å². The van der Waals surface area contributed by atoms with Crippen molar-refractivity contribution in [2.75, 3.05) is 42.9 Å². The number of aromatic nitrogens is 2. The monoisotopic (exact) mass is 353 g/mol. The maximum absolute atomic E-state index is 12.5. The summed E-state index contributed by atoms with van der Waals surface area (Å²) in [6.45, 7) is 13.3. The number of likely N-dealkylation sites (N-methyl/N-ethyl adjacent to an activating group) is 1. The SMILES string of the molecule is CCN1CCN(c2ccc(C(=O)Nc3c(C)cc(C)cc3C)nn2)CC1. The highest BCUT2D eigenvalue weighted by atomic mass is 16.1. The molecule has 1 aliphatic heterocycles. The molecule has 1 aromatic heterocycles. The van der Waals surface area contributed by atoms with Crippen LogP contribution in [0.1, 0.15) is 34.1 Å². The van der Waals surface area contributed by atoms with Gasteiger partial charge in [0.2, 0.25) is 0 Å². The minimum atomic E-state index is -0.227. The summed E-state index contributed by atoms with van der Waals surface area (Å²) in [5.41, 5.74) is 4.47. The smallest absolute Gasteiger partial charge is 0.276 e. The lowest BCUT2D eigenvalue weighted by Crippen LogP contribution is -2.46. The standard InChI is InChI=1S/C20H27N5O/c1-5-24-8-10-25(11-9-24)18-7-6-17(22-23-18)20(26)21-19-15(3)12-14(2)13-16(19)4/h6-7,12-13H,5,8-11H2,1-4H3,(H,21,26). The quantitative estimate of drug-likeness (QED) is 0.916. The lowest BCUT2D eigenvalue weighted by atomic mass is 10.1. The number of nitrogens with zero attached hydrogens (tertiary/aromatic N) is 4. The molecule has 26 heavy (non-hydrogen) atoms. The normalized spacial score (nSPS) is 15.2. The van der Waals surface area contributed by atoms with Gasteiger partial charge in [0.25, 0.3) is 5.91 Å². The van der Waals surface area contributed by atoms with Crippen LogP contribution in [0.3, 0.4) is 0 Å². The molecule has 138 valence electrons. The van der Waals surface area contributed by atoms with Gasteiger partial charge in [0.15, 0.2) is 11.5 Å². The van der Waals surface area contributed by atoms with Crippen molar-refractivity contribution in [1.82, 2.24) is 15.1 Å². The molecule has 0 spiro atoms. The number of nitrogens with one attached hydrogen (secondary N) is 1. The molecule has 3 rings (SSSR count). The van der Waals surface area contributed by atoms with Crippen molar-refractivity contribution >= 4 is 17.4 Å². The highest BCUT2D eigenvalue weighted by Crippen LogP contribution is 2.22. The Hall–Kier alpha value is -2.47. The molecule has 6 nitrogen and oxygen atoms in total. The van der Waals surface area contributed by atoms with Crippen LogP contribution in [0.15, 0.2) is 24.3 Å². The number of amides is 1. The summed E-state index contributed by atoms with van der Waals surface area (Å²) in [7, 11) is 0. The average molecular weight is 353 g/mol. The van der Waals surface area contributed by atoms with E-state index in [1.54, 1.807) is 6.07 Å². The Morgan fingerprint density at radius 2 is 1.69 bits per heavy atom. The predicted octanol–water partition coefficient (Wildman–Crippen LogP) is 2.80. The zero-order valence-electron chi connectivity index (χ0n) is 16.0. The Morgan fingerprint density at radius 1 is 1.04 bits per heavy atom. The molecule has 1 saturated heterocycles. The second-order valence-electron chi connectivity index (χ2n) is 6.93. The van der Waals surface area contributed by atoms with Crippen LogP contribution in [0.25, 0.3) is 0 Å². The van der Waals surface area contributed by atoms with Crippen LogP contribution in [0, 0.1) is 20.8 Å². The zero-order valence-corrected chi connectivity index (χ0v) is 16.0. The van der Waals surface area contributed by atoms with Crippen LogP contribution < -0.4 is 10.2 Å². The Morgan fingerprint density at radius 3 is 2.23 bits per heavy atom. The number of aryl methyl sites for hydroxylation is 3. The van der Waals surface area contributed by atoms with Gasteiger partial charge in [0.1, 0.15) is 0 Å². The van der Waals surface area contributed by atoms with Gasteiger partial charge < -0.3 is 15.1 Å². The van der Waals surface area contributed by atoms with E-state index in [4.69, 9.17) is 0 Å². The molecule has 0 atom stereocenters. The van der Waals surface area contributed by atoms with E-state index in [1.807, 2.05) is 19.9 Å². The first-order valence-electron chi connectivity index (χ1n) is 9.18. The number of carbonyl (C=O) groups is 1. The van der Waals surface area contributed by atoms with E-state index in [1.165, 1.54) is 5.56 Å². The number of carbonyl (C=O) groups excluding carboxylic acids is 1. The van der Waals surface area contributed by atoms with Gasteiger partial charge in [-0.2, -0.15) is 0 Å². The molecule has 6 heteroatoms. The fraction of sp³-hybridized carbons (Fsp3) is 0.450. The van der Waals surface area contributed by atoms with E-state index in [9.17, 15) is 4.79 Å². The highest BCUT2D eigenvalue weighted by molar-refractivity contribution is 6.03. The summed E-state index contributed by atoms with van der Waals surface area (Å²) in [6.07, 6.45) is 0. The Balaban J connectivity index is 1.68. The predicted molar refractivity (Wildman–Crippen MR) is 105 cm³/mol. The van der Waals surface area contributed by atoms with E-state index >= 15 is 0 Å². The van der Waals surface area contributed by atoms with E-state index < -0.39 is 0 Å². The van der Waals surface area contributed by atoms with Crippen LogP contribution in [0.4, 0.5) is 11.5 Å². The second kappa shape index (κ2) is 7.83. The third kappa shape index (κ3) is 4.02. The summed E-state index contributed by atoms with van der Waals surface area (Å²) < 4.78 is 0. The Kier molecular flexibility index (Phi) is 5.52. The highest BCUT2D eigenvalue weighted by Gasteiger charge is 2.18. The van der Waals surface area contributed by atoms with Crippen LogP contribution in [-0.2, 0) is 0 Å². The van der Waals surface area contributed by atoms with Crippen molar-refractivity contribution in [3.05, 3.63) is 46.6 Å². The van der Waals surface area contributed by atoms with Gasteiger partial charge in [-0.05, 0) is 50.6 Å². The number of hydrogen-bond acceptors (Lipinski definition) is 5. The maximum atomic E-state index is 12.5. The maximum Gasteiger partial charge on any atom is 0.276 e. The van der Waals surface area contributed by atoms with Gasteiger partial charge in [-0.25, -0.2) is 0 Å². The van der Waals surface area contributed by atoms with Gasteiger partial charge in [-0.1, -0.05) is 24.6 Å². The minimum Gasteiger partial charge on any atom is -0.353 e. The number of benzene rings is 1. The Labute approximate surface area is 155 Å². The van der Waals surface area contributed by atoms with Gasteiger partial charge in [-0.15, -0.1) is 10.2 Å². The molecule has 1 aliphatic rings. The molecule has 0 bridgehead atoms. The van der Waals surface area contributed by atoms with Gasteiger partial charge in [-0.3, -0.25) is 4.79 Å². The van der Waals surface area contributed by atoms with Crippen LogP contribution in [-0.4, -0.2) is 53.7 Å². The molecule has 2 aromatic rings. The molecule has 1 aromatic carbocycles. The Bertz CT molecular complexity index is 756.